The first-order valence-electron chi connectivity index (χ1n) is 6.95. The molecule has 0 radical (unpaired) electrons. The fourth-order valence-corrected chi connectivity index (χ4v) is 3.13. The van der Waals surface area contributed by atoms with Crippen molar-refractivity contribution in [2.75, 3.05) is 0 Å². The van der Waals surface area contributed by atoms with Gasteiger partial charge in [-0.3, -0.25) is 0 Å². The minimum absolute atomic E-state index is 0.0517. The van der Waals surface area contributed by atoms with Crippen LogP contribution in [0.3, 0.4) is 0 Å². The SMILES string of the molecule is Cc1ccc(C2=NC3CCC(C(C)(C)F)C3O2)cc1. The highest BCUT2D eigenvalue weighted by molar-refractivity contribution is 5.95. The van der Waals surface area contributed by atoms with Gasteiger partial charge < -0.3 is 4.74 Å². The van der Waals surface area contributed by atoms with Gasteiger partial charge in [-0.1, -0.05) is 17.7 Å². The van der Waals surface area contributed by atoms with Crippen LogP contribution >= 0.6 is 0 Å². The van der Waals surface area contributed by atoms with Gasteiger partial charge in [-0.05, 0) is 45.7 Å². The van der Waals surface area contributed by atoms with E-state index in [9.17, 15) is 4.39 Å². The number of hydrogen-bond acceptors (Lipinski definition) is 2. The molecular weight excluding hydrogens is 241 g/mol. The number of aryl methyl sites for hydroxylation is 1. The third-order valence-corrected chi connectivity index (χ3v) is 4.26. The molecule has 1 aromatic rings. The van der Waals surface area contributed by atoms with Gasteiger partial charge in [0.25, 0.3) is 0 Å². The van der Waals surface area contributed by atoms with E-state index >= 15 is 0 Å². The first-order valence-corrected chi connectivity index (χ1v) is 6.95. The van der Waals surface area contributed by atoms with Crippen LogP contribution in [0.1, 0.15) is 37.8 Å². The number of aliphatic imine (C=N–C) groups is 1. The summed E-state index contributed by atoms with van der Waals surface area (Å²) in [7, 11) is 0. The molecule has 1 aliphatic carbocycles. The molecule has 1 fully saturated rings. The normalized spacial score (nSPS) is 29.9. The molecule has 3 heteroatoms. The largest absolute Gasteiger partial charge is 0.471 e. The Morgan fingerprint density at radius 1 is 1.21 bits per heavy atom. The average molecular weight is 261 g/mol. The third kappa shape index (κ3) is 2.26. The fourth-order valence-electron chi connectivity index (χ4n) is 3.13. The maximum atomic E-state index is 14.2. The molecule has 0 aromatic heterocycles. The molecule has 3 atom stereocenters. The lowest BCUT2D eigenvalue weighted by atomic mass is 9.89. The molecule has 102 valence electrons. The van der Waals surface area contributed by atoms with Crippen LogP contribution < -0.4 is 0 Å². The standard InChI is InChI=1S/C16H20FNO/c1-10-4-6-11(7-5-10)15-18-13-9-8-12(14(13)19-15)16(2,3)17/h4-7,12-14H,8-9H2,1-3H3. The summed E-state index contributed by atoms with van der Waals surface area (Å²) in [5, 5.41) is 0. The van der Waals surface area contributed by atoms with E-state index in [1.807, 2.05) is 24.3 Å². The molecule has 2 aliphatic rings. The van der Waals surface area contributed by atoms with Crippen molar-refractivity contribution in [1.82, 2.24) is 0 Å². The van der Waals surface area contributed by atoms with Crippen molar-refractivity contribution in [2.45, 2.75) is 51.4 Å². The highest BCUT2D eigenvalue weighted by Gasteiger charge is 2.49. The zero-order valence-electron chi connectivity index (χ0n) is 11.7. The monoisotopic (exact) mass is 261 g/mol. The van der Waals surface area contributed by atoms with Crippen molar-refractivity contribution < 1.29 is 9.13 Å². The molecule has 2 nitrogen and oxygen atoms in total. The number of fused-ring (bicyclic) bond motifs is 1. The summed E-state index contributed by atoms with van der Waals surface area (Å²) in [4.78, 5) is 4.64. The fraction of sp³-hybridized carbons (Fsp3) is 0.562. The molecule has 0 bridgehead atoms. The number of benzene rings is 1. The van der Waals surface area contributed by atoms with Gasteiger partial charge >= 0.3 is 0 Å². The van der Waals surface area contributed by atoms with Crippen molar-refractivity contribution in [1.29, 1.82) is 0 Å². The Labute approximate surface area is 113 Å². The predicted octanol–water partition coefficient (Wildman–Crippen LogP) is 3.67. The quantitative estimate of drug-likeness (QED) is 0.796. The van der Waals surface area contributed by atoms with Crippen LogP contribution in [0, 0.1) is 12.8 Å². The highest BCUT2D eigenvalue weighted by Crippen LogP contribution is 2.42. The van der Waals surface area contributed by atoms with Crippen molar-refractivity contribution in [3.63, 3.8) is 0 Å². The van der Waals surface area contributed by atoms with Crippen LogP contribution in [-0.2, 0) is 4.74 Å². The molecule has 0 N–H and O–H groups in total. The van der Waals surface area contributed by atoms with Crippen LogP contribution in [0.2, 0.25) is 0 Å². The van der Waals surface area contributed by atoms with E-state index in [0.717, 1.165) is 18.4 Å². The average Bonchev–Trinajstić information content (AvgIpc) is 2.87. The molecule has 1 aliphatic heterocycles. The summed E-state index contributed by atoms with van der Waals surface area (Å²) in [6.45, 7) is 5.35. The zero-order chi connectivity index (χ0) is 13.6. The Morgan fingerprint density at radius 3 is 2.53 bits per heavy atom. The van der Waals surface area contributed by atoms with Crippen LogP contribution in [0.5, 0.6) is 0 Å². The van der Waals surface area contributed by atoms with E-state index in [1.165, 1.54) is 5.56 Å². The molecule has 1 saturated carbocycles. The van der Waals surface area contributed by atoms with E-state index in [-0.39, 0.29) is 18.1 Å². The minimum Gasteiger partial charge on any atom is -0.471 e. The Bertz CT molecular complexity index is 500. The number of rotatable bonds is 2. The van der Waals surface area contributed by atoms with Gasteiger partial charge in [0.05, 0.1) is 6.04 Å². The maximum Gasteiger partial charge on any atom is 0.216 e. The van der Waals surface area contributed by atoms with Crippen LogP contribution in [0.25, 0.3) is 0 Å². The second-order valence-electron chi connectivity index (χ2n) is 6.20. The predicted molar refractivity (Wildman–Crippen MR) is 74.3 cm³/mol. The number of nitrogens with zero attached hydrogens (tertiary/aromatic N) is 1. The van der Waals surface area contributed by atoms with Crippen LogP contribution in [0.15, 0.2) is 29.3 Å². The smallest absolute Gasteiger partial charge is 0.216 e. The molecular formula is C16H20FNO. The van der Waals surface area contributed by atoms with Gasteiger partial charge in [0.2, 0.25) is 5.90 Å². The summed E-state index contributed by atoms with van der Waals surface area (Å²) in [5.41, 5.74) is 1.01. The summed E-state index contributed by atoms with van der Waals surface area (Å²) in [6.07, 6.45) is 1.71. The number of ether oxygens (including phenoxy) is 1. The number of alkyl halides is 1. The second-order valence-corrected chi connectivity index (χ2v) is 6.20. The Hall–Kier alpha value is -1.38. The van der Waals surface area contributed by atoms with E-state index in [1.54, 1.807) is 13.8 Å². The summed E-state index contributed by atoms with van der Waals surface area (Å²) in [5.74, 6) is 0.633. The van der Waals surface area contributed by atoms with Gasteiger partial charge in [-0.15, -0.1) is 0 Å². The topological polar surface area (TPSA) is 21.6 Å². The highest BCUT2D eigenvalue weighted by atomic mass is 19.1. The first-order chi connectivity index (χ1) is 8.95. The third-order valence-electron chi connectivity index (χ3n) is 4.26. The molecule has 3 unspecified atom stereocenters. The molecule has 0 amide bonds. The van der Waals surface area contributed by atoms with Crippen LogP contribution in [-0.4, -0.2) is 23.7 Å². The van der Waals surface area contributed by atoms with Crippen molar-refractivity contribution in [3.05, 3.63) is 35.4 Å². The van der Waals surface area contributed by atoms with Gasteiger partial charge in [0.15, 0.2) is 0 Å². The molecule has 0 saturated heterocycles. The lowest BCUT2D eigenvalue weighted by molar-refractivity contribution is 0.0436. The van der Waals surface area contributed by atoms with E-state index < -0.39 is 5.67 Å². The second kappa shape index (κ2) is 4.32. The summed E-state index contributed by atoms with van der Waals surface area (Å²) in [6, 6.07) is 8.27. The van der Waals surface area contributed by atoms with Crippen molar-refractivity contribution >= 4 is 5.90 Å². The van der Waals surface area contributed by atoms with E-state index in [2.05, 4.69) is 11.9 Å². The molecule has 19 heavy (non-hydrogen) atoms. The van der Waals surface area contributed by atoms with E-state index in [0.29, 0.717) is 5.90 Å². The number of hydrogen-bond donors (Lipinski definition) is 0. The van der Waals surface area contributed by atoms with Gasteiger partial charge in [0, 0.05) is 11.5 Å². The molecule has 0 spiro atoms. The Balaban J connectivity index is 1.81. The summed E-state index contributed by atoms with van der Waals surface area (Å²) >= 11 is 0. The van der Waals surface area contributed by atoms with Gasteiger partial charge in [0.1, 0.15) is 11.8 Å². The van der Waals surface area contributed by atoms with Crippen molar-refractivity contribution in [2.24, 2.45) is 10.9 Å². The van der Waals surface area contributed by atoms with Gasteiger partial charge in [-0.2, -0.15) is 0 Å². The summed E-state index contributed by atoms with van der Waals surface area (Å²) < 4.78 is 20.1. The Morgan fingerprint density at radius 2 is 1.89 bits per heavy atom. The zero-order valence-corrected chi connectivity index (χ0v) is 11.7. The van der Waals surface area contributed by atoms with Crippen molar-refractivity contribution in [3.8, 4) is 0 Å². The lowest BCUT2D eigenvalue weighted by Crippen LogP contribution is -2.36. The van der Waals surface area contributed by atoms with Gasteiger partial charge in [-0.25, -0.2) is 9.38 Å². The lowest BCUT2D eigenvalue weighted by Gasteiger charge is -2.27. The first kappa shape index (κ1) is 12.6. The molecule has 1 aromatic carbocycles. The Kier molecular flexibility index (Phi) is 2.88. The molecule has 1 heterocycles. The van der Waals surface area contributed by atoms with E-state index in [4.69, 9.17) is 4.74 Å². The molecule has 3 rings (SSSR count). The minimum atomic E-state index is -1.20. The van der Waals surface area contributed by atoms with Crippen LogP contribution in [0.4, 0.5) is 4.39 Å². The number of halogens is 1. The maximum absolute atomic E-state index is 14.2.